The lowest BCUT2D eigenvalue weighted by Crippen LogP contribution is -2.29. The van der Waals surface area contributed by atoms with Crippen molar-refractivity contribution in [2.24, 2.45) is 0 Å². The molecule has 18 heavy (non-hydrogen) atoms. The van der Waals surface area contributed by atoms with E-state index in [1.165, 1.54) is 16.5 Å². The van der Waals surface area contributed by atoms with Crippen LogP contribution < -0.4 is 5.32 Å². The van der Waals surface area contributed by atoms with Crippen molar-refractivity contribution >= 4 is 27.3 Å². The molecule has 0 spiro atoms. The molecule has 1 aliphatic heterocycles. The Balaban J connectivity index is 1.76. The van der Waals surface area contributed by atoms with Gasteiger partial charge in [0.25, 0.3) is 0 Å². The van der Waals surface area contributed by atoms with Crippen molar-refractivity contribution < 1.29 is 4.21 Å². The highest BCUT2D eigenvalue weighted by Crippen LogP contribution is 2.21. The molecule has 94 valence electrons. The highest BCUT2D eigenvalue weighted by Gasteiger charge is 2.17. The molecule has 3 rings (SSSR count). The van der Waals surface area contributed by atoms with Crippen molar-refractivity contribution in [1.82, 2.24) is 0 Å². The number of anilines is 1. The van der Waals surface area contributed by atoms with Crippen molar-refractivity contribution in [3.05, 3.63) is 42.5 Å². The first-order valence-electron chi connectivity index (χ1n) is 6.41. The summed E-state index contributed by atoms with van der Waals surface area (Å²) in [6, 6.07) is 15.3. The predicted octanol–water partition coefficient (Wildman–Crippen LogP) is 3.16. The molecule has 0 bridgehead atoms. The molecule has 0 amide bonds. The van der Waals surface area contributed by atoms with E-state index in [-0.39, 0.29) is 0 Å². The van der Waals surface area contributed by atoms with E-state index in [2.05, 4.69) is 47.8 Å². The maximum atomic E-state index is 11.3. The van der Waals surface area contributed by atoms with Gasteiger partial charge in [0.1, 0.15) is 0 Å². The van der Waals surface area contributed by atoms with E-state index in [1.807, 2.05) is 0 Å². The summed E-state index contributed by atoms with van der Waals surface area (Å²) >= 11 is 0. The molecule has 1 saturated heterocycles. The average molecular weight is 259 g/mol. The van der Waals surface area contributed by atoms with Gasteiger partial charge in [0.2, 0.25) is 0 Å². The SMILES string of the molecule is O=S1CCC(Nc2ccc3ccccc3c2)CC1. The fraction of sp³-hybridized carbons (Fsp3) is 0.333. The quantitative estimate of drug-likeness (QED) is 0.897. The van der Waals surface area contributed by atoms with E-state index in [9.17, 15) is 4.21 Å². The molecule has 0 aromatic heterocycles. The van der Waals surface area contributed by atoms with Gasteiger partial charge in [-0.2, -0.15) is 0 Å². The number of fused-ring (bicyclic) bond motifs is 1. The second kappa shape index (κ2) is 5.11. The molecular formula is C15H17NOS. The van der Waals surface area contributed by atoms with E-state index < -0.39 is 10.8 Å². The van der Waals surface area contributed by atoms with E-state index in [0.29, 0.717) is 6.04 Å². The molecule has 2 aromatic rings. The molecule has 2 nitrogen and oxygen atoms in total. The summed E-state index contributed by atoms with van der Waals surface area (Å²) in [6.45, 7) is 0. The molecule has 1 aliphatic rings. The Morgan fingerprint density at radius 2 is 1.72 bits per heavy atom. The normalized spacial score (nSPS) is 24.0. The van der Waals surface area contributed by atoms with Gasteiger partial charge in [-0.25, -0.2) is 0 Å². The van der Waals surface area contributed by atoms with Gasteiger partial charge in [0.15, 0.2) is 0 Å². The van der Waals surface area contributed by atoms with Crippen molar-refractivity contribution in [2.45, 2.75) is 18.9 Å². The number of benzene rings is 2. The first-order chi connectivity index (χ1) is 8.81. The zero-order valence-corrected chi connectivity index (χ0v) is 11.1. The van der Waals surface area contributed by atoms with Gasteiger partial charge in [0.05, 0.1) is 0 Å². The van der Waals surface area contributed by atoms with E-state index in [0.717, 1.165) is 24.3 Å². The summed E-state index contributed by atoms with van der Waals surface area (Å²) in [6.07, 6.45) is 2.03. The fourth-order valence-electron chi connectivity index (χ4n) is 2.45. The lowest BCUT2D eigenvalue weighted by molar-refractivity contribution is 0.624. The van der Waals surface area contributed by atoms with E-state index >= 15 is 0 Å². The monoisotopic (exact) mass is 259 g/mol. The van der Waals surface area contributed by atoms with Gasteiger partial charge >= 0.3 is 0 Å². The van der Waals surface area contributed by atoms with Crippen molar-refractivity contribution in [1.29, 1.82) is 0 Å². The molecule has 0 radical (unpaired) electrons. The van der Waals surface area contributed by atoms with Crippen LogP contribution in [0.1, 0.15) is 12.8 Å². The molecule has 1 fully saturated rings. The summed E-state index contributed by atoms with van der Waals surface area (Å²) in [5.41, 5.74) is 1.17. The lowest BCUT2D eigenvalue weighted by Gasteiger charge is -2.23. The Bertz CT molecular complexity index is 571. The van der Waals surface area contributed by atoms with Crippen LogP contribution in [0.4, 0.5) is 5.69 Å². The summed E-state index contributed by atoms with van der Waals surface area (Å²) in [5, 5.41) is 6.10. The summed E-state index contributed by atoms with van der Waals surface area (Å²) in [7, 11) is -0.581. The van der Waals surface area contributed by atoms with Crippen LogP contribution in [0.3, 0.4) is 0 Å². The second-order valence-corrected chi connectivity index (χ2v) is 6.52. The Hall–Kier alpha value is -1.35. The number of hydrogen-bond donors (Lipinski definition) is 1. The smallest absolute Gasteiger partial charge is 0.0348 e. The minimum Gasteiger partial charge on any atom is -0.382 e. The Morgan fingerprint density at radius 1 is 1.00 bits per heavy atom. The molecule has 2 aromatic carbocycles. The molecular weight excluding hydrogens is 242 g/mol. The fourth-order valence-corrected chi connectivity index (χ4v) is 3.75. The van der Waals surface area contributed by atoms with Gasteiger partial charge in [0, 0.05) is 34.0 Å². The zero-order valence-electron chi connectivity index (χ0n) is 10.3. The molecule has 0 atom stereocenters. The van der Waals surface area contributed by atoms with Crippen LogP contribution in [0.15, 0.2) is 42.5 Å². The average Bonchev–Trinajstić information content (AvgIpc) is 2.41. The van der Waals surface area contributed by atoms with Gasteiger partial charge in [-0.05, 0) is 35.7 Å². The summed E-state index contributed by atoms with van der Waals surface area (Å²) in [5.74, 6) is 1.68. The van der Waals surface area contributed by atoms with Crippen LogP contribution in [0.5, 0.6) is 0 Å². The van der Waals surface area contributed by atoms with Gasteiger partial charge in [-0.15, -0.1) is 0 Å². The largest absolute Gasteiger partial charge is 0.382 e. The van der Waals surface area contributed by atoms with Gasteiger partial charge in [-0.3, -0.25) is 4.21 Å². The minimum atomic E-state index is -0.581. The first-order valence-corrected chi connectivity index (χ1v) is 7.90. The summed E-state index contributed by atoms with van der Waals surface area (Å²) in [4.78, 5) is 0. The molecule has 0 aliphatic carbocycles. The van der Waals surface area contributed by atoms with Gasteiger partial charge < -0.3 is 5.32 Å². The third kappa shape index (κ3) is 2.56. The maximum absolute atomic E-state index is 11.3. The highest BCUT2D eigenvalue weighted by molar-refractivity contribution is 7.85. The molecule has 1 N–H and O–H groups in total. The van der Waals surface area contributed by atoms with E-state index in [1.54, 1.807) is 0 Å². The van der Waals surface area contributed by atoms with Crippen molar-refractivity contribution in [3.8, 4) is 0 Å². The Labute approximate surface area is 110 Å². The first kappa shape index (κ1) is 11.7. The Morgan fingerprint density at radius 3 is 2.50 bits per heavy atom. The molecule has 1 heterocycles. The van der Waals surface area contributed by atoms with Crippen LogP contribution in [-0.4, -0.2) is 21.8 Å². The zero-order chi connectivity index (χ0) is 12.4. The van der Waals surface area contributed by atoms with Crippen molar-refractivity contribution in [3.63, 3.8) is 0 Å². The molecule has 3 heteroatoms. The van der Waals surface area contributed by atoms with Crippen LogP contribution in [-0.2, 0) is 10.8 Å². The van der Waals surface area contributed by atoms with Gasteiger partial charge in [-0.1, -0.05) is 30.3 Å². The molecule has 0 unspecified atom stereocenters. The van der Waals surface area contributed by atoms with Crippen LogP contribution in [0.2, 0.25) is 0 Å². The highest BCUT2D eigenvalue weighted by atomic mass is 32.2. The minimum absolute atomic E-state index is 0.476. The van der Waals surface area contributed by atoms with Crippen LogP contribution in [0.25, 0.3) is 10.8 Å². The number of nitrogens with one attached hydrogen (secondary N) is 1. The van der Waals surface area contributed by atoms with E-state index in [4.69, 9.17) is 0 Å². The third-order valence-electron chi connectivity index (χ3n) is 3.51. The lowest BCUT2D eigenvalue weighted by atomic mass is 10.1. The van der Waals surface area contributed by atoms with Crippen LogP contribution in [0, 0.1) is 0 Å². The predicted molar refractivity (Wildman–Crippen MR) is 78.5 cm³/mol. The standard InChI is InChI=1S/C15H17NOS/c17-18-9-7-14(8-10-18)16-15-6-5-12-3-1-2-4-13(12)11-15/h1-6,11,14,16H,7-10H2. The third-order valence-corrected chi connectivity index (χ3v) is 4.89. The summed E-state index contributed by atoms with van der Waals surface area (Å²) < 4.78 is 11.3. The second-order valence-electron chi connectivity index (χ2n) is 4.83. The number of rotatable bonds is 2. The van der Waals surface area contributed by atoms with Crippen molar-refractivity contribution in [2.75, 3.05) is 16.8 Å². The van der Waals surface area contributed by atoms with Crippen LogP contribution >= 0.6 is 0 Å². The number of hydrogen-bond acceptors (Lipinski definition) is 2. The molecule has 0 saturated carbocycles. The maximum Gasteiger partial charge on any atom is 0.0348 e. The Kier molecular flexibility index (Phi) is 3.33. The topological polar surface area (TPSA) is 29.1 Å².